The summed E-state index contributed by atoms with van der Waals surface area (Å²) in [4.78, 5) is 12.6. The molecule has 28 heavy (non-hydrogen) atoms. The number of amides is 1. The average Bonchev–Trinajstić information content (AvgIpc) is 2.66. The first kappa shape index (κ1) is 21.6. The molecule has 0 aromatic heterocycles. The lowest BCUT2D eigenvalue weighted by Gasteiger charge is -2.25. The number of benzene rings is 2. The van der Waals surface area contributed by atoms with Gasteiger partial charge in [-0.2, -0.15) is 0 Å². The van der Waals surface area contributed by atoms with E-state index >= 15 is 0 Å². The summed E-state index contributed by atoms with van der Waals surface area (Å²) in [6, 6.07) is 13.7. The fourth-order valence-corrected chi connectivity index (χ4v) is 3.70. The van der Waals surface area contributed by atoms with E-state index in [0.29, 0.717) is 23.8 Å². The number of carbonyl (C=O) groups excluding carboxylic acids is 1. The lowest BCUT2D eigenvalue weighted by Crippen LogP contribution is -2.41. The monoisotopic (exact) mass is 406 g/mol. The number of ether oxygens (including phenoxy) is 2. The number of hydrogen-bond donors (Lipinski definition) is 1. The number of sulfonamides is 1. The summed E-state index contributed by atoms with van der Waals surface area (Å²) < 4.78 is 36.6. The highest BCUT2D eigenvalue weighted by Gasteiger charge is 2.25. The van der Waals surface area contributed by atoms with Crippen molar-refractivity contribution in [2.75, 3.05) is 30.8 Å². The van der Waals surface area contributed by atoms with Crippen molar-refractivity contribution in [3.8, 4) is 11.5 Å². The molecule has 0 aliphatic heterocycles. The number of methoxy groups -OCH3 is 1. The maximum atomic E-state index is 12.6. The van der Waals surface area contributed by atoms with Crippen molar-refractivity contribution in [3.05, 3.63) is 54.1 Å². The largest absolute Gasteiger partial charge is 0.496 e. The number of nitrogens with zero attached hydrogens (tertiary/aromatic N) is 1. The Hall–Kier alpha value is -2.74. The van der Waals surface area contributed by atoms with E-state index in [4.69, 9.17) is 9.47 Å². The molecule has 2 aromatic rings. The molecule has 0 aliphatic carbocycles. The Morgan fingerprint density at radius 2 is 1.71 bits per heavy atom. The summed E-state index contributed by atoms with van der Waals surface area (Å²) in [6.07, 6.45) is 1.06. The van der Waals surface area contributed by atoms with Crippen LogP contribution in [0.4, 0.5) is 5.69 Å². The minimum atomic E-state index is -3.70. The van der Waals surface area contributed by atoms with Gasteiger partial charge in [0.2, 0.25) is 15.9 Å². The lowest BCUT2D eigenvalue weighted by molar-refractivity contribution is -0.120. The molecule has 0 saturated heterocycles. The summed E-state index contributed by atoms with van der Waals surface area (Å²) >= 11 is 0. The maximum Gasteiger partial charge on any atom is 0.241 e. The molecule has 1 N–H and O–H groups in total. The molecule has 7 nitrogen and oxygen atoms in total. The van der Waals surface area contributed by atoms with Gasteiger partial charge < -0.3 is 14.8 Å². The van der Waals surface area contributed by atoms with Crippen molar-refractivity contribution in [3.63, 3.8) is 0 Å². The van der Waals surface area contributed by atoms with Crippen molar-refractivity contribution in [2.24, 2.45) is 0 Å². The zero-order chi connectivity index (χ0) is 20.7. The Morgan fingerprint density at radius 3 is 2.32 bits per heavy atom. The molecule has 0 fully saturated rings. The van der Waals surface area contributed by atoms with E-state index in [1.54, 1.807) is 37.4 Å². The van der Waals surface area contributed by atoms with E-state index in [0.717, 1.165) is 16.1 Å². The first-order chi connectivity index (χ1) is 13.3. The highest BCUT2D eigenvalue weighted by atomic mass is 32.2. The molecule has 0 radical (unpaired) electrons. The third-order valence-electron chi connectivity index (χ3n) is 4.10. The van der Waals surface area contributed by atoms with E-state index in [1.807, 2.05) is 32.0 Å². The van der Waals surface area contributed by atoms with Gasteiger partial charge in [0, 0.05) is 5.56 Å². The summed E-state index contributed by atoms with van der Waals surface area (Å²) in [5, 5.41) is 2.83. The second-order valence-corrected chi connectivity index (χ2v) is 8.11. The van der Waals surface area contributed by atoms with E-state index in [1.165, 1.54) is 0 Å². The molecule has 2 rings (SSSR count). The first-order valence-electron chi connectivity index (χ1n) is 8.89. The number of rotatable bonds is 9. The smallest absolute Gasteiger partial charge is 0.241 e. The Morgan fingerprint density at radius 1 is 1.11 bits per heavy atom. The van der Waals surface area contributed by atoms with Gasteiger partial charge in [-0.15, -0.1) is 0 Å². The molecule has 0 saturated carbocycles. The van der Waals surface area contributed by atoms with Crippen LogP contribution >= 0.6 is 0 Å². The molecule has 152 valence electrons. The van der Waals surface area contributed by atoms with Gasteiger partial charge in [0.15, 0.2) is 0 Å². The van der Waals surface area contributed by atoms with Crippen LogP contribution < -0.4 is 19.1 Å². The topological polar surface area (TPSA) is 84.9 Å². The Kier molecular flexibility index (Phi) is 7.28. The third-order valence-corrected chi connectivity index (χ3v) is 5.23. The fourth-order valence-electron chi connectivity index (χ4n) is 2.84. The first-order valence-corrected chi connectivity index (χ1v) is 10.7. The molecule has 0 spiro atoms. The van der Waals surface area contributed by atoms with Crippen LogP contribution in [0.1, 0.15) is 25.5 Å². The van der Waals surface area contributed by atoms with Crippen LogP contribution in [0.5, 0.6) is 11.5 Å². The van der Waals surface area contributed by atoms with Crippen molar-refractivity contribution in [2.45, 2.75) is 19.9 Å². The summed E-state index contributed by atoms with van der Waals surface area (Å²) in [6.45, 7) is 3.64. The van der Waals surface area contributed by atoms with Gasteiger partial charge in [-0.1, -0.05) is 30.3 Å². The normalized spacial score (nSPS) is 12.1. The molecule has 1 amide bonds. The Bertz CT molecular complexity index is 914. The van der Waals surface area contributed by atoms with Gasteiger partial charge in [0.25, 0.3) is 0 Å². The van der Waals surface area contributed by atoms with E-state index in [-0.39, 0.29) is 12.6 Å². The molecule has 8 heteroatoms. The van der Waals surface area contributed by atoms with Gasteiger partial charge in [-0.25, -0.2) is 8.42 Å². The minimum Gasteiger partial charge on any atom is -0.496 e. The van der Waals surface area contributed by atoms with E-state index in [2.05, 4.69) is 5.32 Å². The van der Waals surface area contributed by atoms with Crippen LogP contribution in [0.3, 0.4) is 0 Å². The van der Waals surface area contributed by atoms with Gasteiger partial charge in [0.05, 0.1) is 31.7 Å². The summed E-state index contributed by atoms with van der Waals surface area (Å²) in [5.41, 5.74) is 1.13. The zero-order valence-corrected chi connectivity index (χ0v) is 17.3. The quantitative estimate of drug-likeness (QED) is 0.692. The van der Waals surface area contributed by atoms with Gasteiger partial charge in [0.1, 0.15) is 18.0 Å². The van der Waals surface area contributed by atoms with Crippen LogP contribution in [-0.4, -0.2) is 40.8 Å². The van der Waals surface area contributed by atoms with Crippen LogP contribution in [0.15, 0.2) is 48.5 Å². The highest BCUT2D eigenvalue weighted by Crippen LogP contribution is 2.30. The fraction of sp³-hybridized carbons (Fsp3) is 0.350. The van der Waals surface area contributed by atoms with Gasteiger partial charge >= 0.3 is 0 Å². The van der Waals surface area contributed by atoms with Crippen LogP contribution in [-0.2, 0) is 14.8 Å². The average molecular weight is 407 g/mol. The predicted octanol–water partition coefficient (Wildman–Crippen LogP) is 2.74. The second-order valence-electron chi connectivity index (χ2n) is 6.20. The van der Waals surface area contributed by atoms with Crippen LogP contribution in [0.2, 0.25) is 0 Å². The number of hydrogen-bond acceptors (Lipinski definition) is 5. The zero-order valence-electron chi connectivity index (χ0n) is 16.5. The highest BCUT2D eigenvalue weighted by molar-refractivity contribution is 7.92. The summed E-state index contributed by atoms with van der Waals surface area (Å²) in [5.74, 6) is 0.619. The van der Waals surface area contributed by atoms with E-state index in [9.17, 15) is 13.2 Å². The van der Waals surface area contributed by atoms with E-state index < -0.39 is 15.9 Å². The molecular formula is C20H26N2O5S. The van der Waals surface area contributed by atoms with Crippen molar-refractivity contribution >= 4 is 21.6 Å². The minimum absolute atomic E-state index is 0.326. The Balaban J connectivity index is 2.23. The maximum absolute atomic E-state index is 12.6. The van der Waals surface area contributed by atoms with Crippen molar-refractivity contribution in [1.82, 2.24) is 5.32 Å². The molecule has 0 unspecified atom stereocenters. The van der Waals surface area contributed by atoms with Crippen molar-refractivity contribution < 1.29 is 22.7 Å². The van der Waals surface area contributed by atoms with Crippen molar-refractivity contribution in [1.29, 1.82) is 0 Å². The summed E-state index contributed by atoms with van der Waals surface area (Å²) in [7, 11) is -2.14. The van der Waals surface area contributed by atoms with Gasteiger partial charge in [-0.3, -0.25) is 9.10 Å². The molecule has 2 aromatic carbocycles. The SMILES string of the molecule is CCOc1ccccc1N(CC(=O)N[C@H](C)c1ccccc1OC)S(C)(=O)=O. The molecular weight excluding hydrogens is 380 g/mol. The number of para-hydroxylation sites is 3. The molecule has 0 bridgehead atoms. The number of nitrogens with one attached hydrogen (secondary N) is 1. The molecule has 0 aliphatic rings. The Labute approximate surface area is 166 Å². The number of carbonyl (C=O) groups is 1. The van der Waals surface area contributed by atoms with Crippen LogP contribution in [0, 0.1) is 0 Å². The van der Waals surface area contributed by atoms with Crippen LogP contribution in [0.25, 0.3) is 0 Å². The standard InChI is InChI=1S/C20H26N2O5S/c1-5-27-19-13-9-7-11-17(19)22(28(4,24)25)14-20(23)21-15(2)16-10-6-8-12-18(16)26-3/h6-13,15H,5,14H2,1-4H3,(H,21,23)/t15-/m1/s1. The lowest BCUT2D eigenvalue weighted by atomic mass is 10.1. The molecule has 0 heterocycles. The second kappa shape index (κ2) is 9.45. The third kappa shape index (κ3) is 5.39. The van der Waals surface area contributed by atoms with Gasteiger partial charge in [-0.05, 0) is 32.0 Å². The predicted molar refractivity (Wildman–Crippen MR) is 109 cm³/mol. The number of anilines is 1. The molecule has 1 atom stereocenters.